The largest absolute Gasteiger partial charge is 0.497 e. The van der Waals surface area contributed by atoms with Crippen LogP contribution < -0.4 is 14.9 Å². The normalized spacial score (nSPS) is 14.8. The van der Waals surface area contributed by atoms with Crippen molar-refractivity contribution < 1.29 is 18.8 Å². The maximum Gasteiger partial charge on any atom is 0.497 e. The Balaban J connectivity index is 1.68. The molecule has 0 N–H and O–H groups in total. The molecule has 4 rings (SSSR count). The van der Waals surface area contributed by atoms with Crippen molar-refractivity contribution in [3.8, 4) is 35.2 Å². The van der Waals surface area contributed by atoms with Crippen LogP contribution in [0.25, 0.3) is 0 Å². The van der Waals surface area contributed by atoms with Crippen molar-refractivity contribution in [2.45, 2.75) is 130 Å². The van der Waals surface area contributed by atoms with E-state index in [9.17, 15) is 0 Å². The van der Waals surface area contributed by atoms with E-state index in [1.165, 1.54) is 38.5 Å². The van der Waals surface area contributed by atoms with Crippen molar-refractivity contribution in [2.75, 3.05) is 13.2 Å². The fourth-order valence-electron chi connectivity index (χ4n) is 5.49. The number of rotatable bonds is 13. The standard InChI is InChI=1S/C44H57BO4/c1-10-12-14-16-30-46-39-26-20-34(21-27-39)18-24-36-32-38(42(3,4)5)33-37(41(36)45-48-43(6,7)44(8,9)49-45)25-19-35-22-28-40(29-23-35)47-31-17-15-13-11-2/h20-23,26-29,32-33H,10-17,30-31H2,1-9H3. The molecule has 0 saturated carbocycles. The molecule has 0 bridgehead atoms. The molecule has 1 aliphatic rings. The second-order valence-electron chi connectivity index (χ2n) is 15.2. The average Bonchev–Trinajstić information content (AvgIpc) is 3.28. The molecule has 1 fully saturated rings. The molecule has 5 heteroatoms. The van der Waals surface area contributed by atoms with E-state index in [0.717, 1.165) is 70.8 Å². The molecule has 260 valence electrons. The van der Waals surface area contributed by atoms with Gasteiger partial charge in [0.15, 0.2) is 0 Å². The lowest BCUT2D eigenvalue weighted by molar-refractivity contribution is 0.00578. The van der Waals surface area contributed by atoms with Gasteiger partial charge in [0.05, 0.1) is 24.4 Å². The molecule has 0 radical (unpaired) electrons. The van der Waals surface area contributed by atoms with Gasteiger partial charge in [-0.2, -0.15) is 0 Å². The van der Waals surface area contributed by atoms with Gasteiger partial charge in [-0.1, -0.05) is 96.8 Å². The number of hydrogen-bond donors (Lipinski definition) is 0. The lowest BCUT2D eigenvalue weighted by Gasteiger charge is -2.32. The zero-order valence-corrected chi connectivity index (χ0v) is 31.6. The summed E-state index contributed by atoms with van der Waals surface area (Å²) < 4.78 is 25.2. The molecule has 0 unspecified atom stereocenters. The Hall–Kier alpha value is -3.64. The van der Waals surface area contributed by atoms with Gasteiger partial charge in [-0.3, -0.25) is 0 Å². The summed E-state index contributed by atoms with van der Waals surface area (Å²) >= 11 is 0. The highest BCUT2D eigenvalue weighted by Crippen LogP contribution is 2.37. The van der Waals surface area contributed by atoms with Crippen LogP contribution in [0, 0.1) is 23.7 Å². The first-order chi connectivity index (χ1) is 23.3. The second-order valence-corrected chi connectivity index (χ2v) is 15.2. The van der Waals surface area contributed by atoms with E-state index in [-0.39, 0.29) is 5.41 Å². The van der Waals surface area contributed by atoms with Crippen molar-refractivity contribution in [1.29, 1.82) is 0 Å². The zero-order valence-electron chi connectivity index (χ0n) is 31.6. The summed E-state index contributed by atoms with van der Waals surface area (Å²) in [6.07, 6.45) is 9.49. The predicted octanol–water partition coefficient (Wildman–Crippen LogP) is 10.0. The molecular formula is C44H57BO4. The van der Waals surface area contributed by atoms with Gasteiger partial charge in [-0.05, 0) is 112 Å². The number of hydrogen-bond acceptors (Lipinski definition) is 4. The van der Waals surface area contributed by atoms with E-state index in [0.29, 0.717) is 0 Å². The molecular weight excluding hydrogens is 603 g/mol. The third-order valence-corrected chi connectivity index (χ3v) is 9.46. The highest BCUT2D eigenvalue weighted by Gasteiger charge is 2.53. The Morgan fingerprint density at radius 2 is 1.00 bits per heavy atom. The summed E-state index contributed by atoms with van der Waals surface area (Å²) in [5.41, 5.74) is 4.44. The van der Waals surface area contributed by atoms with Gasteiger partial charge in [0.25, 0.3) is 0 Å². The monoisotopic (exact) mass is 660 g/mol. The van der Waals surface area contributed by atoms with Crippen LogP contribution in [0.5, 0.6) is 11.5 Å². The van der Waals surface area contributed by atoms with Gasteiger partial charge < -0.3 is 18.8 Å². The summed E-state index contributed by atoms with van der Waals surface area (Å²) in [5, 5.41) is 0. The van der Waals surface area contributed by atoms with E-state index in [4.69, 9.17) is 18.8 Å². The van der Waals surface area contributed by atoms with Crippen LogP contribution in [0.2, 0.25) is 0 Å². The fraction of sp³-hybridized carbons (Fsp3) is 0.500. The average molecular weight is 661 g/mol. The van der Waals surface area contributed by atoms with Crippen LogP contribution in [0.1, 0.15) is 141 Å². The van der Waals surface area contributed by atoms with Crippen LogP contribution in [0.4, 0.5) is 0 Å². The Morgan fingerprint density at radius 3 is 1.37 bits per heavy atom. The molecule has 49 heavy (non-hydrogen) atoms. The summed E-state index contributed by atoms with van der Waals surface area (Å²) in [5.74, 6) is 15.6. The molecule has 0 aliphatic carbocycles. The van der Waals surface area contributed by atoms with Gasteiger partial charge in [0.2, 0.25) is 0 Å². The third-order valence-electron chi connectivity index (χ3n) is 9.46. The van der Waals surface area contributed by atoms with Crippen LogP contribution >= 0.6 is 0 Å². The van der Waals surface area contributed by atoms with Crippen LogP contribution in [0.3, 0.4) is 0 Å². The highest BCUT2D eigenvalue weighted by atomic mass is 16.7. The van der Waals surface area contributed by atoms with Gasteiger partial charge in [-0.25, -0.2) is 0 Å². The maximum atomic E-state index is 6.63. The van der Waals surface area contributed by atoms with Crippen molar-refractivity contribution in [2.24, 2.45) is 0 Å². The van der Waals surface area contributed by atoms with Crippen molar-refractivity contribution >= 4 is 12.6 Å². The molecule has 0 spiro atoms. The third kappa shape index (κ3) is 10.9. The Morgan fingerprint density at radius 1 is 0.592 bits per heavy atom. The maximum absolute atomic E-state index is 6.63. The van der Waals surface area contributed by atoms with Crippen LogP contribution in [-0.4, -0.2) is 31.5 Å². The molecule has 0 aromatic heterocycles. The topological polar surface area (TPSA) is 36.9 Å². The quantitative estimate of drug-likeness (QED) is 0.104. The lowest BCUT2D eigenvalue weighted by Crippen LogP contribution is -2.41. The van der Waals surface area contributed by atoms with E-state index in [2.05, 4.69) is 98.1 Å². The first kappa shape index (κ1) is 38.2. The summed E-state index contributed by atoms with van der Waals surface area (Å²) in [4.78, 5) is 0. The van der Waals surface area contributed by atoms with E-state index >= 15 is 0 Å². The molecule has 4 nitrogen and oxygen atoms in total. The molecule has 0 atom stereocenters. The number of ether oxygens (including phenoxy) is 2. The van der Waals surface area contributed by atoms with Gasteiger partial charge >= 0.3 is 7.12 Å². The first-order valence-electron chi connectivity index (χ1n) is 18.4. The summed E-state index contributed by atoms with van der Waals surface area (Å²) in [6.45, 7) is 20.9. The molecule has 3 aromatic carbocycles. The molecule has 1 heterocycles. The van der Waals surface area contributed by atoms with Crippen molar-refractivity contribution in [3.05, 3.63) is 88.5 Å². The van der Waals surface area contributed by atoms with E-state index in [1.807, 2.05) is 48.5 Å². The van der Waals surface area contributed by atoms with Crippen molar-refractivity contribution in [1.82, 2.24) is 0 Å². The molecule has 1 saturated heterocycles. The van der Waals surface area contributed by atoms with Crippen LogP contribution in [0.15, 0.2) is 60.7 Å². The van der Waals surface area contributed by atoms with E-state index < -0.39 is 18.3 Å². The zero-order chi connectivity index (χ0) is 35.5. The summed E-state index contributed by atoms with van der Waals surface area (Å²) in [7, 11) is -0.611. The van der Waals surface area contributed by atoms with Gasteiger partial charge in [0.1, 0.15) is 11.5 Å². The van der Waals surface area contributed by atoms with Gasteiger partial charge in [0, 0.05) is 27.7 Å². The predicted molar refractivity (Wildman–Crippen MR) is 205 cm³/mol. The molecule has 0 amide bonds. The molecule has 1 aliphatic heterocycles. The molecule has 3 aromatic rings. The smallest absolute Gasteiger partial charge is 0.494 e. The Labute approximate surface area is 297 Å². The first-order valence-corrected chi connectivity index (χ1v) is 18.4. The summed E-state index contributed by atoms with van der Waals surface area (Å²) in [6, 6.07) is 20.5. The number of unbranched alkanes of at least 4 members (excludes halogenated alkanes) is 6. The minimum atomic E-state index is -0.611. The lowest BCUT2D eigenvalue weighted by atomic mass is 9.70. The minimum absolute atomic E-state index is 0.118. The van der Waals surface area contributed by atoms with Crippen molar-refractivity contribution in [3.63, 3.8) is 0 Å². The van der Waals surface area contributed by atoms with Gasteiger partial charge in [-0.15, -0.1) is 0 Å². The Bertz CT molecular complexity index is 1510. The Kier molecular flexibility index (Phi) is 13.5. The van der Waals surface area contributed by atoms with Crippen LogP contribution in [-0.2, 0) is 14.7 Å². The minimum Gasteiger partial charge on any atom is -0.494 e. The highest BCUT2D eigenvalue weighted by molar-refractivity contribution is 6.63. The van der Waals surface area contributed by atoms with E-state index in [1.54, 1.807) is 0 Å². The SMILES string of the molecule is CCCCCCOc1ccc(C#Cc2cc(C(C)(C)C)cc(C#Cc3ccc(OCCCCCC)cc3)c2B2OC(C)(C)C(C)(C)O2)cc1. The number of benzene rings is 3. The second kappa shape index (κ2) is 17.3. The fourth-order valence-corrected chi connectivity index (χ4v) is 5.49.